The molecule has 18 heavy (non-hydrogen) atoms. The standard InChI is InChI=1S/C13H15BrFNO2/c1-2-18-13(17)12(16-9-4-5-9)10-7-8(14)3-6-11(10)15/h3,6-7,9,12,16H,2,4-5H2,1H3. The number of nitrogens with one attached hydrogen (secondary N) is 1. The van der Waals surface area contributed by atoms with Gasteiger partial charge in [-0.15, -0.1) is 0 Å². The number of esters is 1. The Balaban J connectivity index is 2.25. The molecule has 98 valence electrons. The Labute approximate surface area is 114 Å². The molecule has 0 aromatic heterocycles. The second kappa shape index (κ2) is 5.80. The van der Waals surface area contributed by atoms with Crippen LogP contribution in [0, 0.1) is 5.82 Å². The quantitative estimate of drug-likeness (QED) is 0.849. The summed E-state index contributed by atoms with van der Waals surface area (Å²) in [6.07, 6.45) is 2.04. The van der Waals surface area contributed by atoms with Crippen molar-refractivity contribution >= 4 is 21.9 Å². The number of benzene rings is 1. The molecule has 0 radical (unpaired) electrons. The molecule has 5 heteroatoms. The number of rotatable bonds is 5. The molecule has 0 aliphatic heterocycles. The van der Waals surface area contributed by atoms with Crippen LogP contribution in [0.25, 0.3) is 0 Å². The first-order chi connectivity index (χ1) is 8.61. The Morgan fingerprint density at radius 3 is 2.94 bits per heavy atom. The highest BCUT2D eigenvalue weighted by Gasteiger charge is 2.32. The van der Waals surface area contributed by atoms with E-state index < -0.39 is 17.8 Å². The molecule has 1 aromatic rings. The maximum Gasteiger partial charge on any atom is 0.327 e. The summed E-state index contributed by atoms with van der Waals surface area (Å²) >= 11 is 3.29. The van der Waals surface area contributed by atoms with Gasteiger partial charge in [-0.05, 0) is 38.0 Å². The lowest BCUT2D eigenvalue weighted by Crippen LogP contribution is -2.32. The van der Waals surface area contributed by atoms with Crippen LogP contribution in [-0.2, 0) is 9.53 Å². The average molecular weight is 316 g/mol. The van der Waals surface area contributed by atoms with E-state index in [0.717, 1.165) is 17.3 Å². The van der Waals surface area contributed by atoms with Crippen molar-refractivity contribution in [3.63, 3.8) is 0 Å². The molecule has 3 nitrogen and oxygen atoms in total. The van der Waals surface area contributed by atoms with E-state index in [9.17, 15) is 9.18 Å². The molecule has 0 saturated heterocycles. The third kappa shape index (κ3) is 3.29. The van der Waals surface area contributed by atoms with Gasteiger partial charge in [-0.3, -0.25) is 5.32 Å². The minimum absolute atomic E-state index is 0.289. The van der Waals surface area contributed by atoms with E-state index in [2.05, 4.69) is 21.2 Å². The summed E-state index contributed by atoms with van der Waals surface area (Å²) in [5.41, 5.74) is 0.328. The van der Waals surface area contributed by atoms with Crippen molar-refractivity contribution in [1.82, 2.24) is 5.32 Å². The summed E-state index contributed by atoms with van der Waals surface area (Å²) in [4.78, 5) is 11.9. The van der Waals surface area contributed by atoms with Gasteiger partial charge in [0, 0.05) is 16.1 Å². The minimum Gasteiger partial charge on any atom is -0.465 e. The van der Waals surface area contributed by atoms with Crippen molar-refractivity contribution in [2.75, 3.05) is 6.61 Å². The highest BCUT2D eigenvalue weighted by molar-refractivity contribution is 9.10. The molecular weight excluding hydrogens is 301 g/mol. The van der Waals surface area contributed by atoms with Crippen molar-refractivity contribution in [3.05, 3.63) is 34.1 Å². The zero-order valence-corrected chi connectivity index (χ0v) is 11.7. The first-order valence-electron chi connectivity index (χ1n) is 5.99. The molecule has 1 fully saturated rings. The number of carbonyl (C=O) groups excluding carboxylic acids is 1. The van der Waals surface area contributed by atoms with E-state index in [-0.39, 0.29) is 12.6 Å². The molecule has 0 bridgehead atoms. The van der Waals surface area contributed by atoms with Crippen molar-refractivity contribution in [3.8, 4) is 0 Å². The molecule has 1 unspecified atom stereocenters. The van der Waals surface area contributed by atoms with Crippen molar-refractivity contribution in [2.45, 2.75) is 31.8 Å². The number of hydrogen-bond acceptors (Lipinski definition) is 3. The zero-order chi connectivity index (χ0) is 13.1. The molecule has 1 aliphatic rings. The second-order valence-corrected chi connectivity index (χ2v) is 5.21. The molecule has 1 saturated carbocycles. The number of hydrogen-bond donors (Lipinski definition) is 1. The molecule has 1 aliphatic carbocycles. The summed E-state index contributed by atoms with van der Waals surface area (Å²) < 4.78 is 19.6. The number of ether oxygens (including phenoxy) is 1. The fraction of sp³-hybridized carbons (Fsp3) is 0.462. The maximum absolute atomic E-state index is 13.8. The lowest BCUT2D eigenvalue weighted by atomic mass is 10.1. The highest BCUT2D eigenvalue weighted by atomic mass is 79.9. The molecule has 1 aromatic carbocycles. The van der Waals surface area contributed by atoms with E-state index in [1.807, 2.05) is 0 Å². The Morgan fingerprint density at radius 1 is 1.61 bits per heavy atom. The van der Waals surface area contributed by atoms with Gasteiger partial charge in [0.25, 0.3) is 0 Å². The molecule has 1 atom stereocenters. The van der Waals surface area contributed by atoms with Crippen LogP contribution in [0.1, 0.15) is 31.4 Å². The molecule has 2 rings (SSSR count). The van der Waals surface area contributed by atoms with E-state index in [1.165, 1.54) is 6.07 Å². The minimum atomic E-state index is -0.727. The Bertz CT molecular complexity index is 449. The normalized spacial score (nSPS) is 16.4. The zero-order valence-electron chi connectivity index (χ0n) is 10.1. The fourth-order valence-electron chi connectivity index (χ4n) is 1.73. The molecule has 0 spiro atoms. The van der Waals surface area contributed by atoms with Gasteiger partial charge >= 0.3 is 5.97 Å². The third-order valence-corrected chi connectivity index (χ3v) is 3.26. The van der Waals surface area contributed by atoms with Gasteiger partial charge in [-0.2, -0.15) is 0 Å². The predicted octanol–water partition coefficient (Wildman–Crippen LogP) is 2.94. The summed E-state index contributed by atoms with van der Waals surface area (Å²) in [6.45, 7) is 2.03. The maximum atomic E-state index is 13.8. The smallest absolute Gasteiger partial charge is 0.327 e. The fourth-order valence-corrected chi connectivity index (χ4v) is 2.11. The summed E-state index contributed by atoms with van der Waals surface area (Å²) in [5, 5.41) is 3.12. The van der Waals surface area contributed by atoms with Crippen molar-refractivity contribution in [2.24, 2.45) is 0 Å². The number of halogens is 2. The van der Waals surface area contributed by atoms with E-state index in [1.54, 1.807) is 19.1 Å². The Kier molecular flexibility index (Phi) is 4.35. The van der Waals surface area contributed by atoms with Gasteiger partial charge in [0.2, 0.25) is 0 Å². The van der Waals surface area contributed by atoms with Crippen molar-refractivity contribution < 1.29 is 13.9 Å². The lowest BCUT2D eigenvalue weighted by Gasteiger charge is -2.18. The van der Waals surface area contributed by atoms with Crippen LogP contribution in [0.3, 0.4) is 0 Å². The van der Waals surface area contributed by atoms with Crippen LogP contribution in [0.2, 0.25) is 0 Å². The van der Waals surface area contributed by atoms with Gasteiger partial charge in [0.1, 0.15) is 11.9 Å². The van der Waals surface area contributed by atoms with Crippen LogP contribution in [0.4, 0.5) is 4.39 Å². The predicted molar refractivity (Wildman–Crippen MR) is 69.6 cm³/mol. The first kappa shape index (κ1) is 13.5. The largest absolute Gasteiger partial charge is 0.465 e. The summed E-state index contributed by atoms with van der Waals surface area (Å²) in [6, 6.07) is 4.14. The number of carbonyl (C=O) groups is 1. The third-order valence-electron chi connectivity index (χ3n) is 2.77. The van der Waals surface area contributed by atoms with E-state index >= 15 is 0 Å². The van der Waals surface area contributed by atoms with Crippen LogP contribution in [0.15, 0.2) is 22.7 Å². The molecule has 0 amide bonds. The Hall–Kier alpha value is -0.940. The highest BCUT2D eigenvalue weighted by Crippen LogP contribution is 2.28. The van der Waals surface area contributed by atoms with Crippen LogP contribution in [0.5, 0.6) is 0 Å². The van der Waals surface area contributed by atoms with Crippen LogP contribution < -0.4 is 5.32 Å². The van der Waals surface area contributed by atoms with Gasteiger partial charge < -0.3 is 4.74 Å². The summed E-state index contributed by atoms with van der Waals surface area (Å²) in [7, 11) is 0. The molecule has 0 heterocycles. The van der Waals surface area contributed by atoms with Crippen LogP contribution >= 0.6 is 15.9 Å². The lowest BCUT2D eigenvalue weighted by molar-refractivity contribution is -0.146. The molecule has 1 N–H and O–H groups in total. The van der Waals surface area contributed by atoms with Gasteiger partial charge in [-0.25, -0.2) is 9.18 Å². The van der Waals surface area contributed by atoms with Gasteiger partial charge in [0.15, 0.2) is 0 Å². The van der Waals surface area contributed by atoms with E-state index in [4.69, 9.17) is 4.74 Å². The van der Waals surface area contributed by atoms with Gasteiger partial charge in [0.05, 0.1) is 6.61 Å². The second-order valence-electron chi connectivity index (χ2n) is 4.29. The average Bonchev–Trinajstić information content (AvgIpc) is 3.14. The van der Waals surface area contributed by atoms with Crippen molar-refractivity contribution in [1.29, 1.82) is 0 Å². The monoisotopic (exact) mass is 315 g/mol. The first-order valence-corrected chi connectivity index (χ1v) is 6.78. The molecular formula is C13H15BrFNO2. The van der Waals surface area contributed by atoms with Crippen LogP contribution in [-0.4, -0.2) is 18.6 Å². The SMILES string of the molecule is CCOC(=O)C(NC1CC1)c1cc(Br)ccc1F. The topological polar surface area (TPSA) is 38.3 Å². The van der Waals surface area contributed by atoms with E-state index in [0.29, 0.717) is 5.56 Å². The summed E-state index contributed by atoms with van der Waals surface area (Å²) in [5.74, 6) is -0.828. The van der Waals surface area contributed by atoms with Gasteiger partial charge in [-0.1, -0.05) is 15.9 Å². The Morgan fingerprint density at radius 2 is 2.33 bits per heavy atom.